The van der Waals surface area contributed by atoms with Crippen molar-refractivity contribution in [1.82, 2.24) is 20.1 Å². The lowest BCUT2D eigenvalue weighted by Crippen LogP contribution is -2.24. The maximum Gasteiger partial charge on any atom is 0.251 e. The number of benzene rings is 2. The van der Waals surface area contributed by atoms with Gasteiger partial charge in [0.1, 0.15) is 5.82 Å². The molecule has 0 spiro atoms. The van der Waals surface area contributed by atoms with Gasteiger partial charge in [-0.2, -0.15) is 0 Å². The number of fused-ring (bicyclic) bond motifs is 3. The van der Waals surface area contributed by atoms with Crippen LogP contribution in [0.5, 0.6) is 0 Å². The van der Waals surface area contributed by atoms with E-state index in [1.807, 2.05) is 36.7 Å². The summed E-state index contributed by atoms with van der Waals surface area (Å²) in [5, 5.41) is 11.0. The summed E-state index contributed by atoms with van der Waals surface area (Å²) in [6.45, 7) is 2.25. The van der Waals surface area contributed by atoms with E-state index in [4.69, 9.17) is 0 Å². The second kappa shape index (κ2) is 5.60. The molecule has 0 bridgehead atoms. The number of hydrogen-bond donors (Lipinski definition) is 1. The van der Waals surface area contributed by atoms with Crippen molar-refractivity contribution in [3.8, 4) is 11.1 Å². The first-order chi connectivity index (χ1) is 11.6. The third-order valence-electron chi connectivity index (χ3n) is 4.65. The van der Waals surface area contributed by atoms with E-state index in [9.17, 15) is 4.79 Å². The molecule has 1 aromatic heterocycles. The highest BCUT2D eigenvalue weighted by molar-refractivity contribution is 5.95. The Morgan fingerprint density at radius 2 is 1.92 bits per heavy atom. The highest BCUT2D eigenvalue weighted by Crippen LogP contribution is 2.36. The van der Waals surface area contributed by atoms with Crippen molar-refractivity contribution in [1.29, 1.82) is 0 Å². The van der Waals surface area contributed by atoms with E-state index in [1.54, 1.807) is 0 Å². The number of amides is 1. The van der Waals surface area contributed by atoms with Crippen molar-refractivity contribution in [3.63, 3.8) is 0 Å². The predicted octanol–water partition coefficient (Wildman–Crippen LogP) is 2.62. The number of aromatic nitrogens is 3. The standard InChI is InChI=1S/C19H18N4O/c1-12-21-22-18(23(12)2)11-20-19(24)14-7-8-17-15(10-14)9-13-5-3-4-6-16(13)17/h3-8,10H,9,11H2,1-2H3,(H,20,24). The molecule has 1 aliphatic rings. The van der Waals surface area contributed by atoms with Crippen LogP contribution in [0.15, 0.2) is 42.5 Å². The van der Waals surface area contributed by atoms with Gasteiger partial charge < -0.3 is 9.88 Å². The molecular weight excluding hydrogens is 300 g/mol. The van der Waals surface area contributed by atoms with E-state index >= 15 is 0 Å². The number of aryl methyl sites for hydroxylation is 1. The van der Waals surface area contributed by atoms with Crippen LogP contribution in [-0.4, -0.2) is 20.7 Å². The fraction of sp³-hybridized carbons (Fsp3) is 0.211. The highest BCUT2D eigenvalue weighted by atomic mass is 16.1. The van der Waals surface area contributed by atoms with Crippen LogP contribution in [0.3, 0.4) is 0 Å². The van der Waals surface area contributed by atoms with Crippen LogP contribution >= 0.6 is 0 Å². The van der Waals surface area contributed by atoms with Crippen LogP contribution in [0.1, 0.15) is 33.1 Å². The maximum absolute atomic E-state index is 12.4. The third kappa shape index (κ3) is 2.38. The topological polar surface area (TPSA) is 59.8 Å². The number of carbonyl (C=O) groups excluding carboxylic acids is 1. The zero-order valence-electron chi connectivity index (χ0n) is 13.7. The molecule has 0 aliphatic heterocycles. The number of carbonyl (C=O) groups is 1. The van der Waals surface area contributed by atoms with E-state index in [1.165, 1.54) is 22.3 Å². The van der Waals surface area contributed by atoms with Crippen LogP contribution in [0, 0.1) is 6.92 Å². The van der Waals surface area contributed by atoms with Gasteiger partial charge in [0, 0.05) is 12.6 Å². The lowest BCUT2D eigenvalue weighted by atomic mass is 10.0. The van der Waals surface area contributed by atoms with Gasteiger partial charge in [0.2, 0.25) is 0 Å². The quantitative estimate of drug-likeness (QED) is 0.632. The Kier molecular flexibility index (Phi) is 3.41. The minimum Gasteiger partial charge on any atom is -0.345 e. The molecule has 1 N–H and O–H groups in total. The molecule has 5 nitrogen and oxygen atoms in total. The fourth-order valence-corrected chi connectivity index (χ4v) is 3.15. The summed E-state index contributed by atoms with van der Waals surface area (Å²) in [6, 6.07) is 14.3. The summed E-state index contributed by atoms with van der Waals surface area (Å²) < 4.78 is 1.87. The zero-order chi connectivity index (χ0) is 16.7. The average molecular weight is 318 g/mol. The molecule has 1 amide bonds. The van der Waals surface area contributed by atoms with Crippen LogP contribution < -0.4 is 5.32 Å². The fourth-order valence-electron chi connectivity index (χ4n) is 3.15. The van der Waals surface area contributed by atoms with Gasteiger partial charge in [-0.15, -0.1) is 10.2 Å². The summed E-state index contributed by atoms with van der Waals surface area (Å²) in [7, 11) is 1.89. The molecule has 2 aromatic carbocycles. The number of nitrogens with zero attached hydrogens (tertiary/aromatic N) is 3. The Bertz CT molecular complexity index is 942. The van der Waals surface area contributed by atoms with Gasteiger partial charge in [-0.1, -0.05) is 30.3 Å². The summed E-state index contributed by atoms with van der Waals surface area (Å²) in [4.78, 5) is 12.4. The number of rotatable bonds is 3. The van der Waals surface area contributed by atoms with E-state index in [0.29, 0.717) is 12.1 Å². The molecule has 1 aliphatic carbocycles. The molecule has 5 heteroatoms. The second-order valence-corrected chi connectivity index (χ2v) is 6.11. The molecule has 3 aromatic rings. The molecule has 0 atom stereocenters. The molecule has 0 saturated carbocycles. The molecule has 4 rings (SSSR count). The van der Waals surface area contributed by atoms with E-state index in [2.05, 4.69) is 39.8 Å². The lowest BCUT2D eigenvalue weighted by molar-refractivity contribution is 0.0949. The largest absolute Gasteiger partial charge is 0.345 e. The Morgan fingerprint density at radius 3 is 2.71 bits per heavy atom. The smallest absolute Gasteiger partial charge is 0.251 e. The van der Waals surface area contributed by atoms with E-state index < -0.39 is 0 Å². The number of nitrogens with one attached hydrogen (secondary N) is 1. The van der Waals surface area contributed by atoms with Crippen LogP contribution in [0.4, 0.5) is 0 Å². The Labute approximate surface area is 140 Å². The van der Waals surface area contributed by atoms with Gasteiger partial charge in [-0.05, 0) is 47.7 Å². The second-order valence-electron chi connectivity index (χ2n) is 6.11. The molecule has 0 saturated heterocycles. The zero-order valence-corrected chi connectivity index (χ0v) is 13.7. The van der Waals surface area contributed by atoms with Gasteiger partial charge in [0.15, 0.2) is 5.82 Å². The van der Waals surface area contributed by atoms with Crippen LogP contribution in [-0.2, 0) is 20.0 Å². The normalized spacial score (nSPS) is 11.9. The molecular formula is C19H18N4O. The first kappa shape index (κ1) is 14.6. The summed E-state index contributed by atoms with van der Waals surface area (Å²) >= 11 is 0. The van der Waals surface area contributed by atoms with Crippen molar-refractivity contribution < 1.29 is 4.79 Å². The van der Waals surface area contributed by atoms with Crippen molar-refractivity contribution in [2.45, 2.75) is 19.9 Å². The number of hydrogen-bond acceptors (Lipinski definition) is 3. The van der Waals surface area contributed by atoms with E-state index in [0.717, 1.165) is 18.1 Å². The summed E-state index contributed by atoms with van der Waals surface area (Å²) in [5.41, 5.74) is 5.71. The van der Waals surface area contributed by atoms with Crippen molar-refractivity contribution in [2.24, 2.45) is 7.05 Å². The predicted molar refractivity (Wildman–Crippen MR) is 91.6 cm³/mol. The minimum atomic E-state index is -0.0885. The molecule has 24 heavy (non-hydrogen) atoms. The van der Waals surface area contributed by atoms with E-state index in [-0.39, 0.29) is 5.91 Å². The van der Waals surface area contributed by atoms with Crippen molar-refractivity contribution >= 4 is 5.91 Å². The maximum atomic E-state index is 12.4. The monoisotopic (exact) mass is 318 g/mol. The van der Waals surface area contributed by atoms with Crippen LogP contribution in [0.25, 0.3) is 11.1 Å². The van der Waals surface area contributed by atoms with Gasteiger partial charge >= 0.3 is 0 Å². The summed E-state index contributed by atoms with van der Waals surface area (Å²) in [6.07, 6.45) is 0.884. The molecule has 0 radical (unpaired) electrons. The first-order valence-corrected chi connectivity index (χ1v) is 7.98. The third-order valence-corrected chi connectivity index (χ3v) is 4.65. The van der Waals surface area contributed by atoms with Gasteiger partial charge in [0.25, 0.3) is 5.91 Å². The average Bonchev–Trinajstić information content (AvgIpc) is 3.13. The van der Waals surface area contributed by atoms with Crippen molar-refractivity contribution in [3.05, 3.63) is 70.8 Å². The minimum absolute atomic E-state index is 0.0885. The van der Waals surface area contributed by atoms with Gasteiger partial charge in [-0.25, -0.2) is 0 Å². The SMILES string of the molecule is Cc1nnc(CNC(=O)c2ccc3c(c2)Cc2ccccc2-3)n1C. The lowest BCUT2D eigenvalue weighted by Gasteiger charge is -2.07. The Hall–Kier alpha value is -2.95. The molecule has 1 heterocycles. The van der Waals surface area contributed by atoms with Gasteiger partial charge in [-0.3, -0.25) is 4.79 Å². The Morgan fingerprint density at radius 1 is 1.12 bits per heavy atom. The molecule has 120 valence electrons. The van der Waals surface area contributed by atoms with Crippen molar-refractivity contribution in [2.75, 3.05) is 0 Å². The molecule has 0 fully saturated rings. The Balaban J connectivity index is 1.52. The highest BCUT2D eigenvalue weighted by Gasteiger charge is 2.19. The summed E-state index contributed by atoms with van der Waals surface area (Å²) in [5.74, 6) is 1.48. The van der Waals surface area contributed by atoms with Crippen LogP contribution in [0.2, 0.25) is 0 Å². The molecule has 0 unspecified atom stereocenters. The van der Waals surface area contributed by atoms with Gasteiger partial charge in [0.05, 0.1) is 6.54 Å². The first-order valence-electron chi connectivity index (χ1n) is 7.98.